The van der Waals surface area contributed by atoms with E-state index in [2.05, 4.69) is 32.2 Å². The second-order valence-corrected chi connectivity index (χ2v) is 6.35. The van der Waals surface area contributed by atoms with Crippen molar-refractivity contribution >= 4 is 27.7 Å². The summed E-state index contributed by atoms with van der Waals surface area (Å²) in [6, 6.07) is 16.1. The average Bonchev–Trinajstić information content (AvgIpc) is 2.96. The van der Waals surface area contributed by atoms with Crippen molar-refractivity contribution in [2.75, 3.05) is 0 Å². The maximum atomic E-state index is 5.74. The van der Waals surface area contributed by atoms with Crippen molar-refractivity contribution in [3.8, 4) is 11.5 Å². The van der Waals surface area contributed by atoms with Crippen LogP contribution < -0.4 is 0 Å². The largest absolute Gasteiger partial charge is 0.411 e. The van der Waals surface area contributed by atoms with E-state index in [1.807, 2.05) is 49.4 Å². The molecule has 106 valence electrons. The highest BCUT2D eigenvalue weighted by Gasteiger charge is 2.11. The van der Waals surface area contributed by atoms with Gasteiger partial charge in [-0.2, -0.15) is 0 Å². The van der Waals surface area contributed by atoms with E-state index in [-0.39, 0.29) is 0 Å². The molecule has 0 saturated carbocycles. The first-order chi connectivity index (χ1) is 10.2. The first-order valence-electron chi connectivity index (χ1n) is 6.50. The van der Waals surface area contributed by atoms with Gasteiger partial charge in [-0.05, 0) is 30.2 Å². The van der Waals surface area contributed by atoms with E-state index >= 15 is 0 Å². The number of hydrogen-bond acceptors (Lipinski definition) is 4. The van der Waals surface area contributed by atoms with E-state index in [9.17, 15) is 0 Å². The molecule has 0 saturated heterocycles. The highest BCUT2D eigenvalue weighted by atomic mass is 79.9. The fourth-order valence-electron chi connectivity index (χ4n) is 1.94. The summed E-state index contributed by atoms with van der Waals surface area (Å²) in [4.78, 5) is 0. The Morgan fingerprint density at radius 1 is 1.05 bits per heavy atom. The number of halogens is 1. The Balaban J connectivity index is 1.74. The fraction of sp³-hybridized carbons (Fsp3) is 0.125. The van der Waals surface area contributed by atoms with Crippen LogP contribution in [0.3, 0.4) is 0 Å². The summed E-state index contributed by atoms with van der Waals surface area (Å²) >= 11 is 5.08. The number of rotatable bonds is 4. The van der Waals surface area contributed by atoms with Crippen molar-refractivity contribution in [3.63, 3.8) is 0 Å². The van der Waals surface area contributed by atoms with Gasteiger partial charge in [0.05, 0.1) is 0 Å². The lowest BCUT2D eigenvalue weighted by atomic mass is 10.1. The zero-order valence-corrected chi connectivity index (χ0v) is 13.8. The molecule has 21 heavy (non-hydrogen) atoms. The lowest BCUT2D eigenvalue weighted by Crippen LogP contribution is -1.82. The second-order valence-electron chi connectivity index (χ2n) is 4.57. The molecule has 2 aromatic carbocycles. The topological polar surface area (TPSA) is 38.9 Å². The molecule has 1 aromatic heterocycles. The second kappa shape index (κ2) is 6.45. The Hall–Kier alpha value is -1.59. The van der Waals surface area contributed by atoms with Crippen LogP contribution in [0.25, 0.3) is 11.5 Å². The summed E-state index contributed by atoms with van der Waals surface area (Å²) in [5, 5.41) is 8.83. The van der Waals surface area contributed by atoms with Crippen molar-refractivity contribution in [2.45, 2.75) is 17.9 Å². The van der Waals surface area contributed by atoms with Gasteiger partial charge in [0.15, 0.2) is 0 Å². The van der Waals surface area contributed by atoms with Crippen molar-refractivity contribution < 1.29 is 4.42 Å². The van der Waals surface area contributed by atoms with Gasteiger partial charge in [-0.15, -0.1) is 10.2 Å². The van der Waals surface area contributed by atoms with E-state index in [1.165, 1.54) is 17.3 Å². The molecule has 0 aliphatic rings. The molecule has 5 heteroatoms. The Morgan fingerprint density at radius 3 is 2.62 bits per heavy atom. The van der Waals surface area contributed by atoms with Gasteiger partial charge in [-0.3, -0.25) is 0 Å². The Bertz CT molecular complexity index is 757. The lowest BCUT2D eigenvalue weighted by molar-refractivity contribution is 0.465. The monoisotopic (exact) mass is 360 g/mol. The predicted molar refractivity (Wildman–Crippen MR) is 88.2 cm³/mol. The van der Waals surface area contributed by atoms with Crippen molar-refractivity contribution in [2.24, 2.45) is 0 Å². The lowest BCUT2D eigenvalue weighted by Gasteiger charge is -2.01. The van der Waals surface area contributed by atoms with Crippen molar-refractivity contribution in [1.82, 2.24) is 10.2 Å². The van der Waals surface area contributed by atoms with Crippen LogP contribution in [0.15, 0.2) is 62.6 Å². The van der Waals surface area contributed by atoms with Crippen molar-refractivity contribution in [1.29, 1.82) is 0 Å². The van der Waals surface area contributed by atoms with Crippen LogP contribution in [0.4, 0.5) is 0 Å². The quantitative estimate of drug-likeness (QED) is 0.606. The number of aromatic nitrogens is 2. The number of aryl methyl sites for hydroxylation is 1. The molecule has 3 nitrogen and oxygen atoms in total. The molecule has 0 spiro atoms. The normalized spacial score (nSPS) is 10.8. The molecular formula is C16H13BrN2OS. The van der Waals surface area contributed by atoms with Crippen molar-refractivity contribution in [3.05, 3.63) is 64.1 Å². The van der Waals surface area contributed by atoms with E-state index < -0.39 is 0 Å². The number of nitrogens with zero attached hydrogens (tertiary/aromatic N) is 2. The molecule has 0 aliphatic carbocycles. The summed E-state index contributed by atoms with van der Waals surface area (Å²) in [6.45, 7) is 2.04. The first kappa shape index (κ1) is 14.4. The molecule has 0 unspecified atom stereocenters. The minimum absolute atomic E-state index is 0.572. The third-order valence-corrected chi connectivity index (χ3v) is 4.73. The summed E-state index contributed by atoms with van der Waals surface area (Å²) in [5.41, 5.74) is 3.32. The fourth-order valence-corrected chi connectivity index (χ4v) is 3.32. The number of hydrogen-bond donors (Lipinski definition) is 0. The van der Waals surface area contributed by atoms with Gasteiger partial charge < -0.3 is 4.42 Å². The van der Waals surface area contributed by atoms with Crippen LogP contribution in [-0.2, 0) is 5.75 Å². The molecular weight excluding hydrogens is 348 g/mol. The molecule has 0 bridgehead atoms. The minimum atomic E-state index is 0.572. The van der Waals surface area contributed by atoms with Gasteiger partial charge in [0.25, 0.3) is 5.22 Å². The summed E-state index contributed by atoms with van der Waals surface area (Å²) in [6.07, 6.45) is 0. The summed E-state index contributed by atoms with van der Waals surface area (Å²) in [7, 11) is 0. The molecule has 1 heterocycles. The van der Waals surface area contributed by atoms with Gasteiger partial charge in [-0.1, -0.05) is 64.1 Å². The zero-order chi connectivity index (χ0) is 14.7. The Labute approximate surface area is 135 Å². The van der Waals surface area contributed by atoms with E-state index in [4.69, 9.17) is 4.42 Å². The predicted octanol–water partition coefficient (Wildman–Crippen LogP) is 5.10. The zero-order valence-electron chi connectivity index (χ0n) is 11.4. The molecule has 0 fully saturated rings. The van der Waals surface area contributed by atoms with Gasteiger partial charge in [0.2, 0.25) is 5.89 Å². The molecule has 0 atom stereocenters. The maximum Gasteiger partial charge on any atom is 0.277 e. The van der Waals surface area contributed by atoms with Crippen LogP contribution in [0.1, 0.15) is 11.1 Å². The van der Waals surface area contributed by atoms with E-state index in [1.54, 1.807) is 0 Å². The highest BCUT2D eigenvalue weighted by Crippen LogP contribution is 2.29. The third-order valence-electron chi connectivity index (χ3n) is 3.09. The van der Waals surface area contributed by atoms with Crippen LogP contribution in [-0.4, -0.2) is 10.2 Å². The number of benzene rings is 2. The molecule has 0 aliphatic heterocycles. The average molecular weight is 361 g/mol. The third kappa shape index (κ3) is 3.36. The van der Waals surface area contributed by atoms with Crippen LogP contribution in [0, 0.1) is 6.92 Å². The van der Waals surface area contributed by atoms with E-state index in [0.29, 0.717) is 11.1 Å². The Kier molecular flexibility index (Phi) is 4.41. The SMILES string of the molecule is Cc1ccccc1-c1nnc(SCc2ccccc2Br)o1. The van der Waals surface area contributed by atoms with Crippen LogP contribution in [0.2, 0.25) is 0 Å². The van der Waals surface area contributed by atoms with Gasteiger partial charge in [0.1, 0.15) is 0 Å². The molecule has 3 aromatic rings. The van der Waals surface area contributed by atoms with Crippen LogP contribution in [0.5, 0.6) is 0 Å². The van der Waals surface area contributed by atoms with Gasteiger partial charge in [-0.25, -0.2) is 0 Å². The summed E-state index contributed by atoms with van der Waals surface area (Å²) in [5.74, 6) is 1.36. The Morgan fingerprint density at radius 2 is 1.81 bits per heavy atom. The first-order valence-corrected chi connectivity index (χ1v) is 8.27. The standard InChI is InChI=1S/C16H13BrN2OS/c1-11-6-2-4-8-13(11)15-18-19-16(20-15)21-10-12-7-3-5-9-14(12)17/h2-9H,10H2,1H3. The maximum absolute atomic E-state index is 5.74. The molecule has 0 N–H and O–H groups in total. The van der Waals surface area contributed by atoms with Gasteiger partial charge >= 0.3 is 0 Å². The molecule has 0 amide bonds. The summed E-state index contributed by atoms with van der Waals surface area (Å²) < 4.78 is 6.83. The molecule has 3 rings (SSSR count). The van der Waals surface area contributed by atoms with Crippen LogP contribution >= 0.6 is 27.7 Å². The highest BCUT2D eigenvalue weighted by molar-refractivity contribution is 9.10. The smallest absolute Gasteiger partial charge is 0.277 e. The van der Waals surface area contributed by atoms with Gasteiger partial charge in [0, 0.05) is 15.8 Å². The number of thioether (sulfide) groups is 1. The minimum Gasteiger partial charge on any atom is -0.411 e. The van der Waals surface area contributed by atoms with E-state index in [0.717, 1.165) is 21.4 Å². The molecule has 0 radical (unpaired) electrons.